The van der Waals surface area contributed by atoms with Gasteiger partial charge in [-0.3, -0.25) is 0 Å². The smallest absolute Gasteiger partial charge is 0.178 e. The summed E-state index contributed by atoms with van der Waals surface area (Å²) in [6, 6.07) is 12.5. The minimum absolute atomic E-state index is 0.116. The van der Waals surface area contributed by atoms with Crippen LogP contribution in [0.4, 0.5) is 8.78 Å². The maximum atomic E-state index is 13.6. The third kappa shape index (κ3) is 4.75. The fraction of sp³-hybridized carbons (Fsp3) is 0.320. The highest BCUT2D eigenvalue weighted by Gasteiger charge is 2.22. The van der Waals surface area contributed by atoms with Gasteiger partial charge in [0, 0.05) is 23.2 Å². The number of hydrogen-bond donors (Lipinski definition) is 0. The summed E-state index contributed by atoms with van der Waals surface area (Å²) in [5, 5.41) is 0. The third-order valence-corrected chi connectivity index (χ3v) is 5.26. The molecule has 6 heteroatoms. The van der Waals surface area contributed by atoms with Gasteiger partial charge < -0.3 is 14.0 Å². The quantitative estimate of drug-likeness (QED) is 0.486. The highest BCUT2D eigenvalue weighted by atomic mass is 19.1. The topological polar surface area (TPSA) is 36.3 Å². The van der Waals surface area contributed by atoms with Crippen LogP contribution in [0.1, 0.15) is 38.9 Å². The summed E-state index contributed by atoms with van der Waals surface area (Å²) >= 11 is 0. The monoisotopic (exact) mass is 424 g/mol. The van der Waals surface area contributed by atoms with E-state index >= 15 is 0 Å². The van der Waals surface area contributed by atoms with Crippen LogP contribution in [0.15, 0.2) is 54.6 Å². The molecule has 0 amide bonds. The second-order valence-electron chi connectivity index (χ2n) is 8.02. The number of benzene rings is 2. The van der Waals surface area contributed by atoms with Crippen LogP contribution >= 0.6 is 0 Å². The molecule has 4 rings (SSSR count). The van der Waals surface area contributed by atoms with E-state index < -0.39 is 6.29 Å². The summed E-state index contributed by atoms with van der Waals surface area (Å²) < 4.78 is 40.7. The van der Waals surface area contributed by atoms with E-state index in [1.165, 1.54) is 24.3 Å². The van der Waals surface area contributed by atoms with Crippen LogP contribution in [-0.4, -0.2) is 28.6 Å². The summed E-state index contributed by atoms with van der Waals surface area (Å²) in [6.07, 6.45) is 4.31. The maximum absolute atomic E-state index is 13.6. The van der Waals surface area contributed by atoms with Crippen molar-refractivity contribution in [3.63, 3.8) is 0 Å². The number of imidazole rings is 1. The highest BCUT2D eigenvalue weighted by Crippen LogP contribution is 2.35. The average Bonchev–Trinajstić information content (AvgIpc) is 3.13. The molecule has 162 valence electrons. The molecule has 1 saturated heterocycles. The van der Waals surface area contributed by atoms with Crippen LogP contribution < -0.4 is 0 Å². The Morgan fingerprint density at radius 3 is 2.19 bits per heavy atom. The Hall–Kier alpha value is -2.83. The van der Waals surface area contributed by atoms with Crippen molar-refractivity contribution in [1.82, 2.24) is 9.55 Å². The van der Waals surface area contributed by atoms with Crippen LogP contribution in [-0.2, 0) is 9.47 Å². The normalized spacial score (nSPS) is 19.4. The van der Waals surface area contributed by atoms with Crippen LogP contribution in [0.25, 0.3) is 28.7 Å². The predicted octanol–water partition coefficient (Wildman–Crippen LogP) is 6.24. The molecule has 0 radical (unpaired) electrons. The van der Waals surface area contributed by atoms with Crippen molar-refractivity contribution in [3.05, 3.63) is 72.1 Å². The number of ether oxygens (including phenoxy) is 2. The number of aromatic nitrogens is 2. The van der Waals surface area contributed by atoms with E-state index in [0.717, 1.165) is 29.1 Å². The molecular formula is C25H26F2N2O2. The summed E-state index contributed by atoms with van der Waals surface area (Å²) in [5.41, 5.74) is 3.10. The molecule has 0 spiro atoms. The van der Waals surface area contributed by atoms with E-state index in [-0.39, 0.29) is 23.7 Å². The molecular weight excluding hydrogens is 398 g/mol. The van der Waals surface area contributed by atoms with Gasteiger partial charge in [-0.25, -0.2) is 13.8 Å². The van der Waals surface area contributed by atoms with Crippen LogP contribution in [0, 0.1) is 11.6 Å². The lowest BCUT2D eigenvalue weighted by Crippen LogP contribution is -2.28. The average molecular weight is 424 g/mol. The molecule has 0 N–H and O–H groups in total. The first kappa shape index (κ1) is 21.4. The first-order chi connectivity index (χ1) is 14.9. The molecule has 1 fully saturated rings. The molecule has 2 atom stereocenters. The second kappa shape index (κ2) is 9.12. The van der Waals surface area contributed by atoms with E-state index in [0.29, 0.717) is 12.3 Å². The van der Waals surface area contributed by atoms with Gasteiger partial charge in [0.05, 0.1) is 24.1 Å². The number of rotatable bonds is 5. The molecule has 1 aliphatic heterocycles. The fourth-order valence-electron chi connectivity index (χ4n) is 3.64. The maximum Gasteiger partial charge on any atom is 0.178 e. The minimum Gasteiger partial charge on any atom is -0.349 e. The van der Waals surface area contributed by atoms with Gasteiger partial charge in [-0.15, -0.1) is 0 Å². The molecule has 1 aromatic heterocycles. The van der Waals surface area contributed by atoms with E-state index in [1.54, 1.807) is 24.3 Å². The first-order valence-electron chi connectivity index (χ1n) is 10.5. The Balaban J connectivity index is 1.86. The molecule has 0 bridgehead atoms. The van der Waals surface area contributed by atoms with Gasteiger partial charge in [-0.2, -0.15) is 0 Å². The Bertz CT molecular complexity index is 1060. The Kier molecular flexibility index (Phi) is 6.30. The van der Waals surface area contributed by atoms with Crippen molar-refractivity contribution in [2.75, 3.05) is 6.61 Å². The molecule has 0 saturated carbocycles. The molecule has 0 aliphatic carbocycles. The summed E-state index contributed by atoms with van der Waals surface area (Å²) in [7, 11) is 0. The lowest BCUT2D eigenvalue weighted by atomic mass is 10.0. The van der Waals surface area contributed by atoms with E-state index in [2.05, 4.69) is 13.8 Å². The largest absolute Gasteiger partial charge is 0.349 e. The summed E-state index contributed by atoms with van der Waals surface area (Å²) in [6.45, 7) is 6.79. The van der Waals surface area contributed by atoms with Gasteiger partial charge >= 0.3 is 0 Å². The number of nitrogens with zero attached hydrogens (tertiary/aromatic N) is 2. The number of halogens is 2. The van der Waals surface area contributed by atoms with Gasteiger partial charge in [0.2, 0.25) is 0 Å². The van der Waals surface area contributed by atoms with E-state index in [1.807, 2.05) is 23.8 Å². The lowest BCUT2D eigenvalue weighted by Gasteiger charge is -2.26. The van der Waals surface area contributed by atoms with Gasteiger partial charge in [0.1, 0.15) is 17.5 Å². The molecule has 4 nitrogen and oxygen atoms in total. The van der Waals surface area contributed by atoms with Crippen molar-refractivity contribution < 1.29 is 18.3 Å². The molecule has 31 heavy (non-hydrogen) atoms. The minimum atomic E-state index is -0.443. The summed E-state index contributed by atoms with van der Waals surface area (Å²) in [4.78, 5) is 4.90. The van der Waals surface area contributed by atoms with Crippen molar-refractivity contribution in [2.24, 2.45) is 0 Å². The molecule has 2 aromatic carbocycles. The standard InChI is InChI=1S/C25H26F2N2O2/c1-16(2)25-28-23(18-4-8-20(26)9-5-18)24(19-6-10-21(27)11-7-19)29(25)14-12-22-30-15-13-17(3)31-22/h4-12,14,16-17,22H,13,15H2,1-3H3/b14-12+/t17-,22+/m1/s1. The van der Waals surface area contributed by atoms with Crippen LogP contribution in [0.2, 0.25) is 0 Å². The molecule has 2 heterocycles. The van der Waals surface area contributed by atoms with Crippen LogP contribution in [0.3, 0.4) is 0 Å². The predicted molar refractivity (Wildman–Crippen MR) is 117 cm³/mol. The first-order valence-corrected chi connectivity index (χ1v) is 10.5. The highest BCUT2D eigenvalue weighted by molar-refractivity contribution is 5.80. The van der Waals surface area contributed by atoms with Crippen molar-refractivity contribution in [2.45, 2.75) is 45.5 Å². The molecule has 1 aliphatic rings. The SMILES string of the molecule is CC(C)c1nc(-c2ccc(F)cc2)c(-c2ccc(F)cc2)n1/C=C/[C@H]1OCC[C@@H](C)O1. The van der Waals surface area contributed by atoms with E-state index in [9.17, 15) is 8.78 Å². The van der Waals surface area contributed by atoms with E-state index in [4.69, 9.17) is 14.5 Å². The lowest BCUT2D eigenvalue weighted by molar-refractivity contribution is -0.180. The van der Waals surface area contributed by atoms with Gasteiger partial charge in [-0.05, 0) is 68.0 Å². The molecule has 3 aromatic rings. The van der Waals surface area contributed by atoms with Gasteiger partial charge in [0.15, 0.2) is 6.29 Å². The number of hydrogen-bond acceptors (Lipinski definition) is 3. The van der Waals surface area contributed by atoms with Gasteiger partial charge in [-0.1, -0.05) is 13.8 Å². The zero-order valence-electron chi connectivity index (χ0n) is 17.9. The Labute approximate surface area is 181 Å². The molecule has 0 unspecified atom stereocenters. The fourth-order valence-corrected chi connectivity index (χ4v) is 3.64. The van der Waals surface area contributed by atoms with Crippen molar-refractivity contribution >= 4 is 6.20 Å². The van der Waals surface area contributed by atoms with Gasteiger partial charge in [0.25, 0.3) is 0 Å². The Morgan fingerprint density at radius 1 is 1.00 bits per heavy atom. The summed E-state index contributed by atoms with van der Waals surface area (Å²) in [5.74, 6) is 0.330. The van der Waals surface area contributed by atoms with Crippen molar-refractivity contribution in [3.8, 4) is 22.5 Å². The second-order valence-corrected chi connectivity index (χ2v) is 8.02. The third-order valence-electron chi connectivity index (χ3n) is 5.26. The zero-order chi connectivity index (χ0) is 22.0. The van der Waals surface area contributed by atoms with Crippen molar-refractivity contribution in [1.29, 1.82) is 0 Å². The Morgan fingerprint density at radius 2 is 1.61 bits per heavy atom. The zero-order valence-corrected chi connectivity index (χ0v) is 17.9. The van der Waals surface area contributed by atoms with Crippen LogP contribution in [0.5, 0.6) is 0 Å².